The summed E-state index contributed by atoms with van der Waals surface area (Å²) >= 11 is 0. The van der Waals surface area contributed by atoms with Gasteiger partial charge in [0.1, 0.15) is 12.1 Å². The molecule has 2 aromatic rings. The molecule has 0 saturated heterocycles. The van der Waals surface area contributed by atoms with E-state index in [1.54, 1.807) is 24.3 Å². The molecule has 0 radical (unpaired) electrons. The normalized spacial score (nSPS) is 13.7. The summed E-state index contributed by atoms with van der Waals surface area (Å²) in [6.07, 6.45) is -0.983. The van der Waals surface area contributed by atoms with E-state index in [4.69, 9.17) is 0 Å². The molecule has 2 rings (SSSR count). The number of nitro groups is 1. The van der Waals surface area contributed by atoms with E-state index in [-0.39, 0.29) is 12.3 Å². The number of nitrogens with one attached hydrogen (secondary N) is 1. The summed E-state index contributed by atoms with van der Waals surface area (Å²) in [5.41, 5.74) is 3.70. The molecule has 0 spiro atoms. The van der Waals surface area contributed by atoms with Crippen molar-refractivity contribution in [2.24, 2.45) is 10.3 Å². The van der Waals surface area contributed by atoms with Crippen molar-refractivity contribution >= 4 is 11.4 Å². The van der Waals surface area contributed by atoms with Crippen molar-refractivity contribution in [3.05, 3.63) is 70.3 Å². The number of aliphatic hydroxyl groups excluding tert-OH is 2. The van der Waals surface area contributed by atoms with Gasteiger partial charge in [-0.1, -0.05) is 35.6 Å². The summed E-state index contributed by atoms with van der Waals surface area (Å²) in [7, 11) is 0. The first-order valence-corrected chi connectivity index (χ1v) is 6.86. The van der Waals surface area contributed by atoms with Crippen molar-refractivity contribution in [2.75, 3.05) is 12.0 Å². The summed E-state index contributed by atoms with van der Waals surface area (Å²) in [6, 6.07) is 13.7. The summed E-state index contributed by atoms with van der Waals surface area (Å²) in [6.45, 7) is -0.374. The Morgan fingerprint density at radius 1 is 1.13 bits per heavy atom. The topological polar surface area (TPSA) is 120 Å². The van der Waals surface area contributed by atoms with Crippen molar-refractivity contribution in [3.8, 4) is 0 Å². The van der Waals surface area contributed by atoms with Crippen molar-refractivity contribution in [3.63, 3.8) is 0 Å². The molecule has 0 saturated carbocycles. The molecule has 0 heterocycles. The van der Waals surface area contributed by atoms with Crippen molar-refractivity contribution in [2.45, 2.75) is 12.1 Å². The van der Waals surface area contributed by atoms with Crippen LogP contribution in [0.4, 0.5) is 11.4 Å². The number of hydrogen-bond acceptors (Lipinski definition) is 6. The molecule has 120 valence electrons. The Morgan fingerprint density at radius 3 is 2.35 bits per heavy atom. The smallest absolute Gasteiger partial charge is 0.269 e. The van der Waals surface area contributed by atoms with Crippen molar-refractivity contribution in [1.29, 1.82) is 0 Å². The van der Waals surface area contributed by atoms with Crippen LogP contribution in [-0.2, 0) is 0 Å². The fraction of sp³-hybridized carbons (Fsp3) is 0.200. The van der Waals surface area contributed by atoms with Crippen LogP contribution in [0.2, 0.25) is 0 Å². The molecule has 8 nitrogen and oxygen atoms in total. The van der Waals surface area contributed by atoms with Crippen LogP contribution in [0.1, 0.15) is 11.7 Å². The Kier molecular flexibility index (Phi) is 5.73. The van der Waals surface area contributed by atoms with Gasteiger partial charge in [-0.2, -0.15) is 5.11 Å². The van der Waals surface area contributed by atoms with Gasteiger partial charge in [-0.3, -0.25) is 15.5 Å². The van der Waals surface area contributed by atoms with E-state index in [0.29, 0.717) is 11.3 Å². The molecule has 0 aliphatic rings. The Bertz CT molecular complexity index is 661. The third kappa shape index (κ3) is 4.56. The molecule has 2 atom stereocenters. The van der Waals surface area contributed by atoms with Crippen LogP contribution in [-0.4, -0.2) is 27.8 Å². The minimum Gasteiger partial charge on any atom is -0.394 e. The number of aliphatic hydroxyl groups is 2. The molecule has 8 heteroatoms. The molecule has 2 unspecified atom stereocenters. The number of hydrogen-bond donors (Lipinski definition) is 3. The molecule has 3 N–H and O–H groups in total. The molecule has 0 aliphatic heterocycles. The Balaban J connectivity index is 1.98. The Labute approximate surface area is 132 Å². The maximum Gasteiger partial charge on any atom is 0.269 e. The molecular weight excluding hydrogens is 300 g/mol. The lowest BCUT2D eigenvalue weighted by Crippen LogP contribution is -2.20. The minimum atomic E-state index is -0.983. The van der Waals surface area contributed by atoms with E-state index in [2.05, 4.69) is 15.8 Å². The number of rotatable bonds is 7. The van der Waals surface area contributed by atoms with Gasteiger partial charge in [0.15, 0.2) is 0 Å². The highest BCUT2D eigenvalue weighted by atomic mass is 16.6. The average molecular weight is 316 g/mol. The molecule has 0 fully saturated rings. The second-order valence-electron chi connectivity index (χ2n) is 4.74. The van der Waals surface area contributed by atoms with Crippen LogP contribution in [0.3, 0.4) is 0 Å². The van der Waals surface area contributed by atoms with E-state index in [9.17, 15) is 20.3 Å². The van der Waals surface area contributed by atoms with E-state index >= 15 is 0 Å². The lowest BCUT2D eigenvalue weighted by atomic mass is 10.0. The predicted molar refractivity (Wildman–Crippen MR) is 83.9 cm³/mol. The number of anilines is 1. The van der Waals surface area contributed by atoms with E-state index in [0.717, 1.165) is 0 Å². The molecule has 23 heavy (non-hydrogen) atoms. The van der Waals surface area contributed by atoms with Crippen molar-refractivity contribution < 1.29 is 15.1 Å². The Morgan fingerprint density at radius 2 is 1.78 bits per heavy atom. The zero-order valence-electron chi connectivity index (χ0n) is 12.1. The van der Waals surface area contributed by atoms with Gasteiger partial charge in [-0.15, -0.1) is 0 Å². The first-order chi connectivity index (χ1) is 11.1. The van der Waals surface area contributed by atoms with Gasteiger partial charge >= 0.3 is 0 Å². The number of nitro benzene ring substituents is 1. The fourth-order valence-corrected chi connectivity index (χ4v) is 1.89. The largest absolute Gasteiger partial charge is 0.394 e. The van der Waals surface area contributed by atoms with Gasteiger partial charge in [0, 0.05) is 12.1 Å². The number of non-ortho nitro benzene ring substituents is 1. The molecule has 2 aromatic carbocycles. The van der Waals surface area contributed by atoms with Crippen LogP contribution in [0.5, 0.6) is 0 Å². The minimum absolute atomic E-state index is 0.0276. The van der Waals surface area contributed by atoms with E-state index in [1.807, 2.05) is 6.07 Å². The first kappa shape index (κ1) is 16.5. The maximum atomic E-state index is 10.6. The highest BCUT2D eigenvalue weighted by molar-refractivity contribution is 5.47. The molecule has 0 bridgehead atoms. The molecule has 0 aliphatic carbocycles. The second kappa shape index (κ2) is 7.97. The summed E-state index contributed by atoms with van der Waals surface area (Å²) in [5.74, 6) is 0. The molecular formula is C15H16N4O4. The Hall–Kier alpha value is -2.84. The third-order valence-corrected chi connectivity index (χ3v) is 3.16. The lowest BCUT2D eigenvalue weighted by molar-refractivity contribution is -0.384. The molecule has 0 amide bonds. The standard InChI is InChI=1S/C15H16N4O4/c20-10-14(15(21)11-4-2-1-3-5-11)17-18-16-12-6-8-13(9-7-12)19(22)23/h1-9,14-15,20-21H,10H2,(H,16,17). The van der Waals surface area contributed by atoms with Gasteiger partial charge < -0.3 is 10.2 Å². The summed E-state index contributed by atoms with van der Waals surface area (Å²) < 4.78 is 0. The van der Waals surface area contributed by atoms with Gasteiger partial charge in [0.2, 0.25) is 0 Å². The van der Waals surface area contributed by atoms with Crippen LogP contribution < -0.4 is 5.43 Å². The average Bonchev–Trinajstić information content (AvgIpc) is 2.59. The van der Waals surface area contributed by atoms with Crippen LogP contribution in [0.25, 0.3) is 0 Å². The van der Waals surface area contributed by atoms with Gasteiger partial charge in [-0.05, 0) is 17.7 Å². The predicted octanol–water partition coefficient (Wildman–Crippen LogP) is 2.47. The van der Waals surface area contributed by atoms with E-state index < -0.39 is 17.1 Å². The van der Waals surface area contributed by atoms with Crippen LogP contribution in [0, 0.1) is 10.1 Å². The van der Waals surface area contributed by atoms with E-state index in [1.165, 1.54) is 24.3 Å². The number of benzene rings is 2. The zero-order chi connectivity index (χ0) is 16.7. The van der Waals surface area contributed by atoms with Crippen molar-refractivity contribution in [1.82, 2.24) is 0 Å². The van der Waals surface area contributed by atoms with Crippen LogP contribution in [0.15, 0.2) is 64.9 Å². The zero-order valence-corrected chi connectivity index (χ0v) is 12.1. The van der Waals surface area contributed by atoms with Gasteiger partial charge in [0.05, 0.1) is 17.2 Å². The highest BCUT2D eigenvalue weighted by Gasteiger charge is 2.19. The quantitative estimate of drug-likeness (QED) is 0.411. The number of nitrogens with zero attached hydrogens (tertiary/aromatic N) is 3. The molecule has 0 aromatic heterocycles. The lowest BCUT2D eigenvalue weighted by Gasteiger charge is -2.16. The monoisotopic (exact) mass is 316 g/mol. The summed E-state index contributed by atoms with van der Waals surface area (Å²) in [5, 5.41) is 37.6. The van der Waals surface area contributed by atoms with Crippen LogP contribution >= 0.6 is 0 Å². The SMILES string of the molecule is O=[N+]([O-])c1ccc(NN=NC(CO)C(O)c2ccccc2)cc1. The maximum absolute atomic E-state index is 10.6. The third-order valence-electron chi connectivity index (χ3n) is 3.16. The highest BCUT2D eigenvalue weighted by Crippen LogP contribution is 2.19. The first-order valence-electron chi connectivity index (χ1n) is 6.86. The summed E-state index contributed by atoms with van der Waals surface area (Å²) in [4.78, 5) is 10.1. The van der Waals surface area contributed by atoms with Gasteiger partial charge in [-0.25, -0.2) is 0 Å². The fourth-order valence-electron chi connectivity index (χ4n) is 1.89. The van der Waals surface area contributed by atoms with Gasteiger partial charge in [0.25, 0.3) is 5.69 Å². The second-order valence-corrected chi connectivity index (χ2v) is 4.74.